The van der Waals surface area contributed by atoms with Gasteiger partial charge in [-0.05, 0) is 37.9 Å². The second kappa shape index (κ2) is 5.02. The predicted octanol–water partition coefficient (Wildman–Crippen LogP) is -0.0376. The first kappa shape index (κ1) is 12.3. The van der Waals surface area contributed by atoms with E-state index in [1.807, 2.05) is 0 Å². The molecule has 1 N–H and O–H groups in total. The summed E-state index contributed by atoms with van der Waals surface area (Å²) in [6.45, 7) is 7.28. The van der Waals surface area contributed by atoms with Gasteiger partial charge < -0.3 is 10.2 Å². The van der Waals surface area contributed by atoms with E-state index >= 15 is 0 Å². The summed E-state index contributed by atoms with van der Waals surface area (Å²) in [4.78, 5) is 2.33. The first-order chi connectivity index (χ1) is 7.57. The number of nitrogens with one attached hydrogen (secondary N) is 1. The summed E-state index contributed by atoms with van der Waals surface area (Å²) in [7, 11) is -2.75. The van der Waals surface area contributed by atoms with Gasteiger partial charge in [0.15, 0.2) is 9.84 Å². The van der Waals surface area contributed by atoms with Crippen molar-refractivity contribution in [1.82, 2.24) is 10.2 Å². The molecule has 2 fully saturated rings. The smallest absolute Gasteiger partial charge is 0.151 e. The van der Waals surface area contributed by atoms with Crippen LogP contribution in [0.25, 0.3) is 0 Å². The molecule has 16 heavy (non-hydrogen) atoms. The van der Waals surface area contributed by atoms with Gasteiger partial charge in [-0.25, -0.2) is 8.42 Å². The molecule has 1 atom stereocenters. The van der Waals surface area contributed by atoms with Crippen molar-refractivity contribution in [3.05, 3.63) is 0 Å². The Morgan fingerprint density at radius 1 is 1.31 bits per heavy atom. The van der Waals surface area contributed by atoms with E-state index in [9.17, 15) is 8.42 Å². The summed E-state index contributed by atoms with van der Waals surface area (Å²) in [6, 6.07) is 0. The molecule has 0 radical (unpaired) electrons. The lowest BCUT2D eigenvalue weighted by molar-refractivity contribution is 0.173. The molecule has 1 unspecified atom stereocenters. The summed E-state index contributed by atoms with van der Waals surface area (Å²) >= 11 is 0. The fraction of sp³-hybridized carbons (Fsp3) is 1.00. The SMILES string of the molecule is CC(CN1CCCS(=O)(=O)CC1)C1CNC1. The van der Waals surface area contributed by atoms with Gasteiger partial charge in [-0.3, -0.25) is 0 Å². The Morgan fingerprint density at radius 3 is 2.69 bits per heavy atom. The maximum atomic E-state index is 11.5. The zero-order chi connectivity index (χ0) is 11.6. The van der Waals surface area contributed by atoms with Crippen LogP contribution in [0.2, 0.25) is 0 Å². The molecule has 0 saturated carbocycles. The molecule has 4 nitrogen and oxygen atoms in total. The van der Waals surface area contributed by atoms with Crippen LogP contribution in [0.3, 0.4) is 0 Å². The fourth-order valence-corrected chi connectivity index (χ4v) is 3.75. The van der Waals surface area contributed by atoms with Gasteiger partial charge >= 0.3 is 0 Å². The topological polar surface area (TPSA) is 49.4 Å². The molecule has 0 spiro atoms. The summed E-state index contributed by atoms with van der Waals surface area (Å²) in [5.41, 5.74) is 0. The zero-order valence-electron chi connectivity index (χ0n) is 9.98. The Morgan fingerprint density at radius 2 is 2.06 bits per heavy atom. The lowest BCUT2D eigenvalue weighted by atomic mass is 9.88. The molecule has 2 rings (SSSR count). The van der Waals surface area contributed by atoms with Crippen molar-refractivity contribution in [3.8, 4) is 0 Å². The van der Waals surface area contributed by atoms with Crippen molar-refractivity contribution in [2.75, 3.05) is 44.2 Å². The molecule has 0 aromatic carbocycles. The van der Waals surface area contributed by atoms with Crippen molar-refractivity contribution < 1.29 is 8.42 Å². The standard InChI is InChI=1S/C11H22N2O2S/c1-10(11-7-12-8-11)9-13-3-2-5-16(14,15)6-4-13/h10-12H,2-9H2,1H3. The maximum Gasteiger partial charge on any atom is 0.151 e. The maximum absolute atomic E-state index is 11.5. The molecule has 2 saturated heterocycles. The van der Waals surface area contributed by atoms with Gasteiger partial charge in [0.2, 0.25) is 0 Å². The first-order valence-corrected chi connectivity index (χ1v) is 8.02. The van der Waals surface area contributed by atoms with Crippen LogP contribution in [0.1, 0.15) is 13.3 Å². The largest absolute Gasteiger partial charge is 0.316 e. The Balaban J connectivity index is 1.81. The van der Waals surface area contributed by atoms with Gasteiger partial charge in [-0.2, -0.15) is 0 Å². The number of rotatable bonds is 3. The van der Waals surface area contributed by atoms with Crippen LogP contribution in [0.15, 0.2) is 0 Å². The van der Waals surface area contributed by atoms with E-state index in [0.29, 0.717) is 17.4 Å². The van der Waals surface area contributed by atoms with Gasteiger partial charge in [0, 0.05) is 13.1 Å². The second-order valence-corrected chi connectivity index (χ2v) is 7.51. The van der Waals surface area contributed by atoms with Crippen molar-refractivity contribution in [1.29, 1.82) is 0 Å². The average molecular weight is 246 g/mol. The fourth-order valence-electron chi connectivity index (χ4n) is 2.44. The van der Waals surface area contributed by atoms with Gasteiger partial charge in [0.1, 0.15) is 0 Å². The van der Waals surface area contributed by atoms with E-state index in [2.05, 4.69) is 17.1 Å². The van der Waals surface area contributed by atoms with Crippen molar-refractivity contribution in [3.63, 3.8) is 0 Å². The normalized spacial score (nSPS) is 29.3. The minimum Gasteiger partial charge on any atom is -0.316 e. The molecule has 2 aliphatic heterocycles. The highest BCUT2D eigenvalue weighted by molar-refractivity contribution is 7.91. The Bertz CT molecular complexity index is 325. The lowest BCUT2D eigenvalue weighted by Crippen LogP contribution is -2.48. The number of hydrogen-bond donors (Lipinski definition) is 1. The van der Waals surface area contributed by atoms with Gasteiger partial charge in [0.05, 0.1) is 11.5 Å². The lowest BCUT2D eigenvalue weighted by Gasteiger charge is -2.35. The molecule has 94 valence electrons. The molecule has 2 aliphatic rings. The van der Waals surface area contributed by atoms with E-state index in [1.165, 1.54) is 0 Å². The molecule has 0 aromatic rings. The molecule has 0 aliphatic carbocycles. The number of sulfone groups is 1. The van der Waals surface area contributed by atoms with Crippen molar-refractivity contribution in [2.45, 2.75) is 13.3 Å². The van der Waals surface area contributed by atoms with Crippen LogP contribution in [0, 0.1) is 11.8 Å². The molecule has 0 bridgehead atoms. The Labute approximate surface area is 98.3 Å². The summed E-state index contributed by atoms with van der Waals surface area (Å²) in [5.74, 6) is 2.20. The second-order valence-electron chi connectivity index (χ2n) is 5.20. The van der Waals surface area contributed by atoms with E-state index in [0.717, 1.165) is 45.1 Å². The van der Waals surface area contributed by atoms with Gasteiger partial charge in [-0.1, -0.05) is 6.92 Å². The van der Waals surface area contributed by atoms with Crippen molar-refractivity contribution >= 4 is 9.84 Å². The van der Waals surface area contributed by atoms with Crippen LogP contribution in [0.4, 0.5) is 0 Å². The van der Waals surface area contributed by atoms with Gasteiger partial charge in [0.25, 0.3) is 0 Å². The zero-order valence-corrected chi connectivity index (χ0v) is 10.8. The third kappa shape index (κ3) is 3.18. The van der Waals surface area contributed by atoms with Crippen molar-refractivity contribution in [2.24, 2.45) is 11.8 Å². The predicted molar refractivity (Wildman–Crippen MR) is 65.2 cm³/mol. The van der Waals surface area contributed by atoms with E-state index in [1.54, 1.807) is 0 Å². The monoisotopic (exact) mass is 246 g/mol. The van der Waals surface area contributed by atoms with Crippen LogP contribution in [-0.2, 0) is 9.84 Å². The summed E-state index contributed by atoms with van der Waals surface area (Å²) in [5, 5.41) is 3.29. The molecule has 0 amide bonds. The highest BCUT2D eigenvalue weighted by Gasteiger charge is 2.26. The third-order valence-corrected chi connectivity index (χ3v) is 5.53. The average Bonchev–Trinajstić information content (AvgIpc) is 2.25. The van der Waals surface area contributed by atoms with Crippen LogP contribution in [0.5, 0.6) is 0 Å². The van der Waals surface area contributed by atoms with Gasteiger partial charge in [-0.15, -0.1) is 0 Å². The highest BCUT2D eigenvalue weighted by atomic mass is 32.2. The molecule has 5 heteroatoms. The minimum absolute atomic E-state index is 0.350. The molecule has 0 aromatic heterocycles. The van der Waals surface area contributed by atoms with E-state index in [4.69, 9.17) is 0 Å². The highest BCUT2D eigenvalue weighted by Crippen LogP contribution is 2.18. The Kier molecular flexibility index (Phi) is 3.87. The van der Waals surface area contributed by atoms with E-state index in [-0.39, 0.29) is 0 Å². The van der Waals surface area contributed by atoms with Crippen LogP contribution in [-0.4, -0.2) is 57.5 Å². The molecule has 2 heterocycles. The third-order valence-electron chi connectivity index (χ3n) is 3.81. The first-order valence-electron chi connectivity index (χ1n) is 6.20. The summed E-state index contributed by atoms with van der Waals surface area (Å²) < 4.78 is 22.9. The summed E-state index contributed by atoms with van der Waals surface area (Å²) in [6.07, 6.45) is 0.804. The van der Waals surface area contributed by atoms with Crippen LogP contribution < -0.4 is 5.32 Å². The minimum atomic E-state index is -2.75. The molecular weight excluding hydrogens is 224 g/mol. The van der Waals surface area contributed by atoms with E-state index < -0.39 is 9.84 Å². The Hall–Kier alpha value is -0.130. The quantitative estimate of drug-likeness (QED) is 0.759. The van der Waals surface area contributed by atoms with Crippen LogP contribution >= 0.6 is 0 Å². The molecular formula is C11H22N2O2S. The number of hydrogen-bond acceptors (Lipinski definition) is 4. The number of nitrogens with zero attached hydrogens (tertiary/aromatic N) is 1.